The molecule has 0 aromatic heterocycles. The van der Waals surface area contributed by atoms with Crippen molar-refractivity contribution in [3.63, 3.8) is 0 Å². The fourth-order valence-electron chi connectivity index (χ4n) is 3.23. The van der Waals surface area contributed by atoms with Crippen LogP contribution in [0.2, 0.25) is 5.02 Å². The minimum Gasteiger partial charge on any atom is -0.272 e. The Kier molecular flexibility index (Phi) is 5.02. The second kappa shape index (κ2) is 7.39. The van der Waals surface area contributed by atoms with E-state index in [1.165, 1.54) is 5.01 Å². The van der Waals surface area contributed by atoms with Gasteiger partial charge in [-0.2, -0.15) is 15.6 Å². The topological polar surface area (TPSA) is 80.2 Å². The van der Waals surface area contributed by atoms with Gasteiger partial charge in [0, 0.05) is 16.7 Å². The average Bonchev–Trinajstić information content (AvgIpc) is 2.95. The quantitative estimate of drug-likeness (QED) is 0.820. The van der Waals surface area contributed by atoms with E-state index in [4.69, 9.17) is 11.6 Å². The Balaban J connectivity index is 2.07. The molecule has 5 nitrogen and oxygen atoms in total. The van der Waals surface area contributed by atoms with Gasteiger partial charge in [-0.05, 0) is 30.7 Å². The summed E-state index contributed by atoms with van der Waals surface area (Å²) in [5.41, 5.74) is 1.80. The molecule has 128 valence electrons. The maximum absolute atomic E-state index is 13.1. The van der Waals surface area contributed by atoms with Crippen LogP contribution in [0.5, 0.6) is 0 Å². The van der Waals surface area contributed by atoms with Gasteiger partial charge < -0.3 is 0 Å². The third-order valence-corrected chi connectivity index (χ3v) is 4.79. The van der Waals surface area contributed by atoms with Crippen LogP contribution < -0.4 is 5.01 Å². The summed E-state index contributed by atoms with van der Waals surface area (Å²) in [6, 6.07) is 20.1. The van der Waals surface area contributed by atoms with Crippen molar-refractivity contribution < 1.29 is 4.79 Å². The summed E-state index contributed by atoms with van der Waals surface area (Å²) in [5, 5.41) is 25.1. The maximum Gasteiger partial charge on any atom is 0.256 e. The summed E-state index contributed by atoms with van der Waals surface area (Å²) in [7, 11) is 0. The highest BCUT2D eigenvalue weighted by Gasteiger charge is 2.44. The number of anilines is 1. The van der Waals surface area contributed by atoms with Crippen LogP contribution in [0.3, 0.4) is 0 Å². The number of benzene rings is 2. The number of para-hydroxylation sites is 1. The van der Waals surface area contributed by atoms with Crippen LogP contribution in [-0.4, -0.2) is 11.6 Å². The largest absolute Gasteiger partial charge is 0.272 e. The van der Waals surface area contributed by atoms with Crippen molar-refractivity contribution in [1.82, 2.24) is 0 Å². The molecule has 6 heteroatoms. The molecule has 1 aliphatic heterocycles. The molecule has 0 N–H and O–H groups in total. The first-order valence-electron chi connectivity index (χ1n) is 8.06. The Morgan fingerprint density at radius 2 is 1.69 bits per heavy atom. The minimum atomic E-state index is -1.02. The van der Waals surface area contributed by atoms with Gasteiger partial charge in [0.1, 0.15) is 5.92 Å². The number of halogens is 1. The number of hydrazone groups is 1. The molecule has 1 heterocycles. The summed E-state index contributed by atoms with van der Waals surface area (Å²) in [6.07, 6.45) is 0. The first-order valence-corrected chi connectivity index (χ1v) is 8.44. The minimum absolute atomic E-state index is 0.269. The lowest BCUT2D eigenvalue weighted by molar-refractivity contribution is -0.120. The number of nitrogens with zero attached hydrogens (tertiary/aromatic N) is 4. The molecular formula is C20H15ClN4O. The first kappa shape index (κ1) is 17.7. The van der Waals surface area contributed by atoms with E-state index in [0.29, 0.717) is 22.0 Å². The van der Waals surface area contributed by atoms with Crippen molar-refractivity contribution in [1.29, 1.82) is 10.5 Å². The lowest BCUT2D eigenvalue weighted by Crippen LogP contribution is -2.34. The first-order chi connectivity index (χ1) is 12.6. The molecule has 0 fully saturated rings. The molecule has 0 aliphatic carbocycles. The Hall–Kier alpha value is -3.15. The van der Waals surface area contributed by atoms with Crippen molar-refractivity contribution in [2.24, 2.45) is 16.9 Å². The summed E-state index contributed by atoms with van der Waals surface area (Å²) in [6.45, 7) is 1.74. The van der Waals surface area contributed by atoms with Gasteiger partial charge in [-0.1, -0.05) is 48.0 Å². The average molecular weight is 363 g/mol. The molecule has 2 aromatic carbocycles. The molecule has 2 atom stereocenters. The van der Waals surface area contributed by atoms with Crippen molar-refractivity contribution in [3.05, 3.63) is 65.2 Å². The fourth-order valence-corrected chi connectivity index (χ4v) is 3.50. The van der Waals surface area contributed by atoms with E-state index in [2.05, 4.69) is 5.10 Å². The van der Waals surface area contributed by atoms with Gasteiger partial charge in [-0.15, -0.1) is 0 Å². The van der Waals surface area contributed by atoms with Gasteiger partial charge in [0.05, 0.1) is 23.7 Å². The Bertz CT molecular complexity index is 928. The van der Waals surface area contributed by atoms with Crippen molar-refractivity contribution in [2.75, 3.05) is 5.01 Å². The van der Waals surface area contributed by atoms with Crippen LogP contribution in [0.1, 0.15) is 18.4 Å². The molecular weight excluding hydrogens is 348 g/mol. The normalized spacial score (nSPS) is 17.6. The zero-order chi connectivity index (χ0) is 18.7. The predicted molar refractivity (Wildman–Crippen MR) is 99.4 cm³/mol. The van der Waals surface area contributed by atoms with E-state index in [0.717, 1.165) is 0 Å². The molecule has 0 saturated carbocycles. The number of carbonyl (C=O) groups excluding carboxylic acids is 1. The van der Waals surface area contributed by atoms with E-state index in [1.807, 2.05) is 30.3 Å². The summed E-state index contributed by atoms with van der Waals surface area (Å²) >= 11 is 6.32. The smallest absolute Gasteiger partial charge is 0.256 e. The van der Waals surface area contributed by atoms with Gasteiger partial charge in [0.2, 0.25) is 0 Å². The van der Waals surface area contributed by atoms with E-state index >= 15 is 0 Å². The lowest BCUT2D eigenvalue weighted by Gasteiger charge is -2.25. The molecule has 26 heavy (non-hydrogen) atoms. The third-order valence-electron chi connectivity index (χ3n) is 4.44. The van der Waals surface area contributed by atoms with Gasteiger partial charge in [0.15, 0.2) is 0 Å². The summed E-state index contributed by atoms with van der Waals surface area (Å²) in [5.74, 6) is -2.71. The van der Waals surface area contributed by atoms with Crippen LogP contribution in [0, 0.1) is 34.5 Å². The van der Waals surface area contributed by atoms with Gasteiger partial charge in [-0.3, -0.25) is 4.79 Å². The number of amides is 1. The zero-order valence-electron chi connectivity index (χ0n) is 14.0. The molecule has 0 saturated heterocycles. The standard InChI is InChI=1S/C20H15ClN4O/c1-13-18(20(26)25(24-13)15-7-3-2-4-8-15)19(14(11-22)12-23)16-9-5-6-10-17(16)21/h2-10,14,18-19H,1H3/t18-,19+/m0/s1. The molecule has 1 amide bonds. The molecule has 0 spiro atoms. The summed E-state index contributed by atoms with van der Waals surface area (Å²) < 4.78 is 0. The Morgan fingerprint density at radius 1 is 1.08 bits per heavy atom. The van der Waals surface area contributed by atoms with Crippen LogP contribution in [-0.2, 0) is 4.79 Å². The van der Waals surface area contributed by atoms with E-state index in [1.54, 1.807) is 43.3 Å². The highest BCUT2D eigenvalue weighted by Crippen LogP contribution is 2.40. The van der Waals surface area contributed by atoms with Gasteiger partial charge >= 0.3 is 0 Å². The van der Waals surface area contributed by atoms with Gasteiger partial charge in [-0.25, -0.2) is 5.01 Å². The lowest BCUT2D eigenvalue weighted by atomic mass is 9.75. The number of hydrogen-bond donors (Lipinski definition) is 0. The molecule has 2 aromatic rings. The zero-order valence-corrected chi connectivity index (χ0v) is 14.8. The molecule has 0 radical (unpaired) electrons. The Morgan fingerprint density at radius 3 is 2.31 bits per heavy atom. The molecule has 0 unspecified atom stereocenters. The fraction of sp³-hybridized carbons (Fsp3) is 0.200. The highest BCUT2D eigenvalue weighted by atomic mass is 35.5. The molecule has 1 aliphatic rings. The third kappa shape index (κ3) is 3.06. The predicted octanol–water partition coefficient (Wildman–Crippen LogP) is 4.13. The number of rotatable bonds is 4. The highest BCUT2D eigenvalue weighted by molar-refractivity contribution is 6.31. The van der Waals surface area contributed by atoms with Crippen molar-refractivity contribution in [3.8, 4) is 12.1 Å². The molecule has 3 rings (SSSR count). The maximum atomic E-state index is 13.1. The second-order valence-electron chi connectivity index (χ2n) is 5.99. The van der Waals surface area contributed by atoms with E-state index in [9.17, 15) is 15.3 Å². The number of carbonyl (C=O) groups is 1. The van der Waals surface area contributed by atoms with E-state index < -0.39 is 17.8 Å². The number of nitriles is 2. The SMILES string of the molecule is CC1=NN(c2ccccc2)C(=O)[C@@H]1[C@@H](c1ccccc1Cl)C(C#N)C#N. The Labute approximate surface area is 156 Å². The monoisotopic (exact) mass is 362 g/mol. The van der Waals surface area contributed by atoms with Crippen molar-refractivity contribution in [2.45, 2.75) is 12.8 Å². The number of hydrogen-bond acceptors (Lipinski definition) is 4. The summed E-state index contributed by atoms with van der Waals surface area (Å²) in [4.78, 5) is 13.1. The molecule has 0 bridgehead atoms. The van der Waals surface area contributed by atoms with Gasteiger partial charge in [0.25, 0.3) is 5.91 Å². The van der Waals surface area contributed by atoms with Crippen LogP contribution in [0.4, 0.5) is 5.69 Å². The second-order valence-corrected chi connectivity index (χ2v) is 6.40. The van der Waals surface area contributed by atoms with Crippen LogP contribution in [0.15, 0.2) is 59.7 Å². The van der Waals surface area contributed by atoms with Crippen LogP contribution >= 0.6 is 11.6 Å². The van der Waals surface area contributed by atoms with Crippen molar-refractivity contribution >= 4 is 28.9 Å². The van der Waals surface area contributed by atoms with E-state index in [-0.39, 0.29) is 5.91 Å². The van der Waals surface area contributed by atoms with Crippen LogP contribution in [0.25, 0.3) is 0 Å².